The quantitative estimate of drug-likeness (QED) is 0.150. The predicted octanol–water partition coefficient (Wildman–Crippen LogP) is 6.50. The van der Waals surface area contributed by atoms with E-state index >= 15 is 0 Å². The van der Waals surface area contributed by atoms with E-state index in [1.807, 2.05) is 4.90 Å². The number of nitrogens with zero attached hydrogens (tertiary/aromatic N) is 7. The highest BCUT2D eigenvalue weighted by Gasteiger charge is 2.27. The van der Waals surface area contributed by atoms with Gasteiger partial charge in [-0.15, -0.1) is 0 Å². The summed E-state index contributed by atoms with van der Waals surface area (Å²) in [6, 6.07) is 14.7. The molecule has 0 radical (unpaired) electrons. The highest BCUT2D eigenvalue weighted by molar-refractivity contribution is 8.18. The van der Waals surface area contributed by atoms with E-state index in [9.17, 15) is 37.1 Å². The number of halogens is 3. The fourth-order valence-electron chi connectivity index (χ4n) is 7.31. The molecule has 0 spiro atoms. The number of carbonyl (C=O) groups is 5. The van der Waals surface area contributed by atoms with Crippen molar-refractivity contribution in [2.24, 2.45) is 0 Å². The fourth-order valence-corrected chi connectivity index (χ4v) is 8.67. The second-order valence-corrected chi connectivity index (χ2v) is 16.9. The molecule has 4 saturated heterocycles. The lowest BCUT2D eigenvalue weighted by molar-refractivity contribution is -0.116. The first-order valence-corrected chi connectivity index (χ1v) is 22.1. The summed E-state index contributed by atoms with van der Waals surface area (Å²) in [6.45, 7) is 5.38. The number of benzene rings is 3. The minimum absolute atomic E-state index is 0.0425. The van der Waals surface area contributed by atoms with Crippen molar-refractivity contribution < 1.29 is 37.1 Å². The molecule has 4 aliphatic rings. The lowest BCUT2D eigenvalue weighted by Gasteiger charge is -2.23. The first-order chi connectivity index (χ1) is 31.5. The highest BCUT2D eigenvalue weighted by atomic mass is 32.2. The summed E-state index contributed by atoms with van der Waals surface area (Å²) in [5.74, 6) is -1.55. The molecule has 0 bridgehead atoms. The van der Waals surface area contributed by atoms with Gasteiger partial charge < -0.3 is 20.0 Å². The average Bonchev–Trinajstić information content (AvgIpc) is 3.54. The Bertz CT molecular complexity index is 2750. The van der Waals surface area contributed by atoms with E-state index in [1.54, 1.807) is 53.7 Å². The van der Waals surface area contributed by atoms with Gasteiger partial charge in [-0.05, 0) is 103 Å². The van der Waals surface area contributed by atoms with Gasteiger partial charge in [0, 0.05) is 56.9 Å². The van der Waals surface area contributed by atoms with Gasteiger partial charge in [-0.25, -0.2) is 23.1 Å². The van der Waals surface area contributed by atoms with Crippen LogP contribution in [0.1, 0.15) is 34.3 Å². The van der Waals surface area contributed by atoms with Crippen LogP contribution < -0.4 is 25.8 Å². The van der Waals surface area contributed by atoms with E-state index in [4.69, 9.17) is 0 Å². The predicted molar refractivity (Wildman–Crippen MR) is 242 cm³/mol. The molecular weight excluding hydrogens is 882 g/mol. The van der Waals surface area contributed by atoms with Gasteiger partial charge in [0.15, 0.2) is 0 Å². The van der Waals surface area contributed by atoms with Gasteiger partial charge in [0.05, 0.1) is 51.5 Å². The Kier molecular flexibility index (Phi) is 14.0. The Labute approximate surface area is 379 Å². The first-order valence-electron chi connectivity index (χ1n) is 20.5. The van der Waals surface area contributed by atoms with E-state index in [2.05, 4.69) is 40.8 Å². The van der Waals surface area contributed by atoms with Crippen molar-refractivity contribution in [3.05, 3.63) is 129 Å². The number of nitrogens with one attached hydrogen (secondary N) is 3. The molecule has 20 heteroatoms. The molecule has 0 saturated carbocycles. The highest BCUT2D eigenvalue weighted by Crippen LogP contribution is 2.31. The molecule has 6 heterocycles. The zero-order valence-electron chi connectivity index (χ0n) is 34.4. The number of imide groups is 2. The fraction of sp³-hybridized carbons (Fsp3) is 0.222. The van der Waals surface area contributed by atoms with Crippen LogP contribution in [0.25, 0.3) is 34.7 Å². The number of thioether (sulfide) groups is 2. The summed E-state index contributed by atoms with van der Waals surface area (Å²) in [4.78, 5) is 83.1. The molecule has 65 heavy (non-hydrogen) atoms. The van der Waals surface area contributed by atoms with Crippen molar-refractivity contribution in [3.63, 3.8) is 0 Å². The van der Waals surface area contributed by atoms with Gasteiger partial charge in [-0.1, -0.05) is 24.3 Å². The monoisotopic (exact) mass is 920 g/mol. The maximum Gasteiger partial charge on any atom is 0.290 e. The Balaban J connectivity index is 0.000000184. The molecule has 15 nitrogen and oxygen atoms in total. The molecule has 3 N–H and O–H groups in total. The molecule has 0 aliphatic carbocycles. The second kappa shape index (κ2) is 20.3. The Morgan fingerprint density at radius 2 is 1.15 bits per heavy atom. The maximum atomic E-state index is 14.8. The third kappa shape index (κ3) is 10.9. The third-order valence-electron chi connectivity index (χ3n) is 10.5. The Hall–Kier alpha value is -6.90. The second-order valence-electron chi connectivity index (χ2n) is 14.9. The number of aromatic nitrogens is 4. The number of amides is 5. The molecule has 2 aromatic heterocycles. The van der Waals surface area contributed by atoms with Crippen molar-refractivity contribution in [1.29, 1.82) is 0 Å². The van der Waals surface area contributed by atoms with Crippen LogP contribution in [-0.4, -0.2) is 105 Å². The first kappa shape index (κ1) is 44.7. The molecule has 5 aromatic rings. The summed E-state index contributed by atoms with van der Waals surface area (Å²) in [7, 11) is 0. The summed E-state index contributed by atoms with van der Waals surface area (Å²) < 4.78 is 43.4. The van der Waals surface area contributed by atoms with Gasteiger partial charge in [0.1, 0.15) is 29.1 Å². The molecular formula is C45H39F3N10O5S2. The number of hydrogen-bond donors (Lipinski definition) is 3. The lowest BCUT2D eigenvalue weighted by atomic mass is 10.1. The lowest BCUT2D eigenvalue weighted by Crippen LogP contribution is -2.35. The van der Waals surface area contributed by atoms with Gasteiger partial charge >= 0.3 is 0 Å². The summed E-state index contributed by atoms with van der Waals surface area (Å²) in [5, 5.41) is 6.86. The molecule has 0 atom stereocenters. The number of anilines is 2. The smallest absolute Gasteiger partial charge is 0.290 e. The molecule has 0 unspecified atom stereocenters. The van der Waals surface area contributed by atoms with E-state index in [0.29, 0.717) is 72.3 Å². The van der Waals surface area contributed by atoms with Crippen LogP contribution in [0.15, 0.2) is 95.3 Å². The van der Waals surface area contributed by atoms with E-state index in [-0.39, 0.29) is 26.8 Å². The van der Waals surface area contributed by atoms with Crippen molar-refractivity contribution in [2.45, 2.75) is 12.8 Å². The van der Waals surface area contributed by atoms with Crippen LogP contribution >= 0.6 is 23.5 Å². The number of carbonyl (C=O) groups excluding carboxylic acids is 5. The summed E-state index contributed by atoms with van der Waals surface area (Å²) in [6.07, 6.45) is 11.0. The van der Waals surface area contributed by atoms with Crippen LogP contribution in [0.2, 0.25) is 0 Å². The van der Waals surface area contributed by atoms with Crippen LogP contribution in [-0.2, 0) is 9.59 Å². The topological polar surface area (TPSA) is 183 Å². The molecule has 5 amide bonds. The molecule has 332 valence electrons. The minimum Gasteiger partial charge on any atom is -0.354 e. The SMILES string of the molecule is O=C1NC(=O)/C(=C/c2ccc(F)c(-c3cncc(N4CCCN(C(=O)c5ccccc5F)CC4)n3)c2)S1.O=C1NC(=O)/C(=C/c2ccc(F)c(-c3cncc(N4CCCNCC4)n3)c2)S1. The minimum atomic E-state index is -0.550. The van der Waals surface area contributed by atoms with E-state index < -0.39 is 39.7 Å². The Morgan fingerprint density at radius 1 is 0.600 bits per heavy atom. The van der Waals surface area contributed by atoms with Crippen molar-refractivity contribution >= 4 is 75.5 Å². The van der Waals surface area contributed by atoms with Gasteiger partial charge in [-0.2, -0.15) is 0 Å². The number of rotatable bonds is 7. The molecule has 4 fully saturated rings. The zero-order chi connectivity index (χ0) is 45.5. The van der Waals surface area contributed by atoms with E-state index in [0.717, 1.165) is 56.1 Å². The maximum absolute atomic E-state index is 14.8. The summed E-state index contributed by atoms with van der Waals surface area (Å²) in [5.41, 5.74) is 2.41. The third-order valence-corrected chi connectivity index (χ3v) is 12.2. The molecule has 4 aliphatic heterocycles. The van der Waals surface area contributed by atoms with Crippen molar-refractivity contribution in [3.8, 4) is 22.5 Å². The van der Waals surface area contributed by atoms with Crippen LogP contribution in [0.3, 0.4) is 0 Å². The Morgan fingerprint density at radius 3 is 1.71 bits per heavy atom. The van der Waals surface area contributed by atoms with Gasteiger partial charge in [0.2, 0.25) is 0 Å². The number of hydrogen-bond acceptors (Lipinski definition) is 14. The van der Waals surface area contributed by atoms with Crippen LogP contribution in [0.4, 0.5) is 34.4 Å². The van der Waals surface area contributed by atoms with Crippen molar-refractivity contribution in [1.82, 2.24) is 40.8 Å². The molecule has 3 aromatic carbocycles. The van der Waals surface area contributed by atoms with Crippen LogP contribution in [0.5, 0.6) is 0 Å². The standard InChI is InChI=1S/C26H21F2N5O3S.C19H18FN5O2S/c27-19-5-2-1-4-17(19)25(35)33-9-3-8-32(10-11-33)23-15-29-14-21(30-23)18-12-16(6-7-20(18)28)13-22-24(34)31-26(36)37-22;20-14-3-2-12(9-16-18(26)24-19(27)28-16)8-13(14)15-10-22-11-17(23-15)25-6-1-4-21-5-7-25/h1-2,4-7,12-15H,3,8-11H2,(H,31,34,36);2-3,8-11,21H,1,4-7H2,(H,24,26,27)/b22-13-;16-9-. The van der Waals surface area contributed by atoms with Gasteiger partial charge in [-0.3, -0.25) is 44.6 Å². The van der Waals surface area contributed by atoms with Crippen LogP contribution in [0, 0.1) is 17.5 Å². The zero-order valence-corrected chi connectivity index (χ0v) is 36.1. The summed E-state index contributed by atoms with van der Waals surface area (Å²) >= 11 is 1.61. The normalized spacial score (nSPS) is 18.0. The van der Waals surface area contributed by atoms with E-state index in [1.165, 1.54) is 48.8 Å². The largest absolute Gasteiger partial charge is 0.354 e. The van der Waals surface area contributed by atoms with Crippen molar-refractivity contribution in [2.75, 3.05) is 62.2 Å². The molecule has 9 rings (SSSR count). The van der Waals surface area contributed by atoms with Gasteiger partial charge in [0.25, 0.3) is 28.2 Å². The average molecular weight is 921 g/mol.